The highest BCUT2D eigenvalue weighted by atomic mass is 16.5. The van der Waals surface area contributed by atoms with E-state index in [0.29, 0.717) is 11.4 Å². The SMILES string of the molecule is C=C(C(=O)Oc1ccccc1)C(C)C(=O)Nc1ccccc1. The van der Waals surface area contributed by atoms with Crippen molar-refractivity contribution in [3.05, 3.63) is 72.8 Å². The molecule has 1 unspecified atom stereocenters. The monoisotopic (exact) mass is 295 g/mol. The molecule has 112 valence electrons. The van der Waals surface area contributed by atoms with Crippen LogP contribution in [0.1, 0.15) is 6.92 Å². The number of para-hydroxylation sites is 2. The van der Waals surface area contributed by atoms with Crippen LogP contribution in [-0.2, 0) is 9.59 Å². The van der Waals surface area contributed by atoms with Gasteiger partial charge in [-0.25, -0.2) is 4.79 Å². The minimum Gasteiger partial charge on any atom is -0.423 e. The van der Waals surface area contributed by atoms with E-state index in [9.17, 15) is 9.59 Å². The largest absolute Gasteiger partial charge is 0.423 e. The lowest BCUT2D eigenvalue weighted by molar-refractivity contribution is -0.132. The summed E-state index contributed by atoms with van der Waals surface area (Å²) in [5.41, 5.74) is 0.779. The number of anilines is 1. The number of benzene rings is 2. The number of ether oxygens (including phenoxy) is 1. The molecule has 0 aromatic heterocycles. The van der Waals surface area contributed by atoms with Crippen LogP contribution in [0, 0.1) is 5.92 Å². The fourth-order valence-corrected chi connectivity index (χ4v) is 1.77. The molecule has 0 aliphatic heterocycles. The highest BCUT2D eigenvalue weighted by molar-refractivity contribution is 6.02. The van der Waals surface area contributed by atoms with E-state index in [1.807, 2.05) is 24.3 Å². The second kappa shape index (κ2) is 7.22. The average molecular weight is 295 g/mol. The minimum absolute atomic E-state index is 0.109. The second-order valence-corrected chi connectivity index (χ2v) is 4.80. The summed E-state index contributed by atoms with van der Waals surface area (Å²) >= 11 is 0. The van der Waals surface area contributed by atoms with Crippen molar-refractivity contribution in [3.8, 4) is 5.75 Å². The van der Waals surface area contributed by atoms with Crippen molar-refractivity contribution in [2.45, 2.75) is 6.92 Å². The first kappa shape index (κ1) is 15.5. The lowest BCUT2D eigenvalue weighted by Gasteiger charge is -2.14. The van der Waals surface area contributed by atoms with E-state index < -0.39 is 11.9 Å². The molecule has 1 amide bonds. The van der Waals surface area contributed by atoms with Gasteiger partial charge in [-0.1, -0.05) is 43.0 Å². The van der Waals surface area contributed by atoms with Gasteiger partial charge in [-0.2, -0.15) is 0 Å². The van der Waals surface area contributed by atoms with E-state index in [1.165, 1.54) is 0 Å². The number of esters is 1. The van der Waals surface area contributed by atoms with E-state index in [4.69, 9.17) is 4.74 Å². The Morgan fingerprint density at radius 1 is 1.00 bits per heavy atom. The van der Waals surface area contributed by atoms with Gasteiger partial charge >= 0.3 is 5.97 Å². The molecule has 22 heavy (non-hydrogen) atoms. The van der Waals surface area contributed by atoms with Crippen molar-refractivity contribution in [1.82, 2.24) is 0 Å². The maximum absolute atomic E-state index is 12.1. The molecular formula is C18H17NO3. The zero-order chi connectivity index (χ0) is 15.9. The summed E-state index contributed by atoms with van der Waals surface area (Å²) < 4.78 is 5.18. The van der Waals surface area contributed by atoms with Crippen LogP contribution in [-0.4, -0.2) is 11.9 Å². The van der Waals surface area contributed by atoms with Crippen molar-refractivity contribution < 1.29 is 14.3 Å². The minimum atomic E-state index is -0.684. The quantitative estimate of drug-likeness (QED) is 0.522. The normalized spacial score (nSPS) is 11.3. The molecule has 0 heterocycles. The zero-order valence-electron chi connectivity index (χ0n) is 12.3. The Balaban J connectivity index is 1.96. The first-order valence-corrected chi connectivity index (χ1v) is 6.90. The molecule has 0 aliphatic carbocycles. The summed E-state index contributed by atoms with van der Waals surface area (Å²) in [6.07, 6.45) is 0. The smallest absolute Gasteiger partial charge is 0.339 e. The standard InChI is InChI=1S/C18H17NO3/c1-13(17(20)19-15-9-5-3-6-10-15)14(2)18(21)22-16-11-7-4-8-12-16/h3-13H,2H2,1H3,(H,19,20). The number of hydrogen-bond donors (Lipinski definition) is 1. The summed E-state index contributed by atoms with van der Waals surface area (Å²) in [4.78, 5) is 24.1. The number of carbonyl (C=O) groups excluding carboxylic acids is 2. The van der Waals surface area contributed by atoms with Crippen LogP contribution in [0.4, 0.5) is 5.69 Å². The third-order valence-corrected chi connectivity index (χ3v) is 3.17. The molecular weight excluding hydrogens is 278 g/mol. The van der Waals surface area contributed by atoms with Crippen molar-refractivity contribution in [2.75, 3.05) is 5.32 Å². The van der Waals surface area contributed by atoms with Gasteiger partial charge in [-0.05, 0) is 31.2 Å². The first-order valence-electron chi connectivity index (χ1n) is 6.90. The maximum Gasteiger partial charge on any atom is 0.339 e. The molecule has 2 rings (SSSR count). The van der Waals surface area contributed by atoms with E-state index in [0.717, 1.165) is 0 Å². The fourth-order valence-electron chi connectivity index (χ4n) is 1.77. The Morgan fingerprint density at radius 3 is 2.14 bits per heavy atom. The van der Waals surface area contributed by atoms with E-state index in [2.05, 4.69) is 11.9 Å². The number of rotatable bonds is 5. The highest BCUT2D eigenvalue weighted by Crippen LogP contribution is 2.17. The molecule has 0 bridgehead atoms. The Kier molecular flexibility index (Phi) is 5.09. The van der Waals surface area contributed by atoms with Gasteiger partial charge in [0.05, 0.1) is 5.92 Å². The topological polar surface area (TPSA) is 55.4 Å². The van der Waals surface area contributed by atoms with Gasteiger partial charge in [-0.3, -0.25) is 4.79 Å². The Bertz CT molecular complexity index is 665. The summed E-state index contributed by atoms with van der Waals surface area (Å²) in [6.45, 7) is 5.30. The van der Waals surface area contributed by atoms with Gasteiger partial charge in [-0.15, -0.1) is 0 Å². The average Bonchev–Trinajstić information content (AvgIpc) is 2.55. The predicted octanol–water partition coefficient (Wildman–Crippen LogP) is 3.42. The zero-order valence-corrected chi connectivity index (χ0v) is 12.3. The molecule has 1 atom stereocenters. The van der Waals surface area contributed by atoms with Crippen LogP contribution in [0.3, 0.4) is 0 Å². The van der Waals surface area contributed by atoms with Crippen LogP contribution in [0.5, 0.6) is 5.75 Å². The summed E-state index contributed by atoms with van der Waals surface area (Å²) in [5.74, 6) is -1.18. The molecule has 0 spiro atoms. The van der Waals surface area contributed by atoms with Gasteiger partial charge in [0.25, 0.3) is 0 Å². The molecule has 0 radical (unpaired) electrons. The van der Waals surface area contributed by atoms with Crippen molar-refractivity contribution >= 4 is 17.6 Å². The van der Waals surface area contributed by atoms with Crippen LogP contribution in [0.2, 0.25) is 0 Å². The molecule has 0 fully saturated rings. The Labute approximate surface area is 129 Å². The van der Waals surface area contributed by atoms with Crippen LogP contribution in [0.15, 0.2) is 72.8 Å². The molecule has 2 aromatic carbocycles. The van der Waals surface area contributed by atoms with Gasteiger partial charge in [0.1, 0.15) is 5.75 Å². The van der Waals surface area contributed by atoms with E-state index >= 15 is 0 Å². The van der Waals surface area contributed by atoms with Crippen molar-refractivity contribution in [2.24, 2.45) is 5.92 Å². The molecule has 4 heteroatoms. The molecule has 0 saturated heterocycles. The number of hydrogen-bond acceptors (Lipinski definition) is 3. The van der Waals surface area contributed by atoms with Gasteiger partial charge in [0.15, 0.2) is 0 Å². The summed E-state index contributed by atoms with van der Waals surface area (Å²) in [7, 11) is 0. The van der Waals surface area contributed by atoms with E-state index in [-0.39, 0.29) is 11.5 Å². The molecule has 0 saturated carbocycles. The first-order chi connectivity index (χ1) is 10.6. The molecule has 0 aliphatic rings. The van der Waals surface area contributed by atoms with Gasteiger partial charge in [0.2, 0.25) is 5.91 Å². The van der Waals surface area contributed by atoms with Crippen LogP contribution < -0.4 is 10.1 Å². The number of carbonyl (C=O) groups is 2. The summed E-state index contributed by atoms with van der Waals surface area (Å²) in [5, 5.41) is 2.73. The van der Waals surface area contributed by atoms with Gasteiger partial charge < -0.3 is 10.1 Å². The Hall–Kier alpha value is -2.88. The highest BCUT2D eigenvalue weighted by Gasteiger charge is 2.23. The predicted molar refractivity (Wildman–Crippen MR) is 85.5 cm³/mol. The van der Waals surface area contributed by atoms with Crippen molar-refractivity contribution in [1.29, 1.82) is 0 Å². The third-order valence-electron chi connectivity index (χ3n) is 3.17. The van der Waals surface area contributed by atoms with Crippen LogP contribution >= 0.6 is 0 Å². The molecule has 4 nitrogen and oxygen atoms in total. The lowest BCUT2D eigenvalue weighted by Crippen LogP contribution is -2.26. The second-order valence-electron chi connectivity index (χ2n) is 4.80. The van der Waals surface area contributed by atoms with Crippen molar-refractivity contribution in [3.63, 3.8) is 0 Å². The number of nitrogens with one attached hydrogen (secondary N) is 1. The molecule has 2 aromatic rings. The maximum atomic E-state index is 12.1. The molecule has 1 N–H and O–H groups in total. The Morgan fingerprint density at radius 2 is 1.55 bits per heavy atom. The van der Waals surface area contributed by atoms with Gasteiger partial charge in [0, 0.05) is 11.3 Å². The van der Waals surface area contributed by atoms with Crippen LogP contribution in [0.25, 0.3) is 0 Å². The fraction of sp³-hybridized carbons (Fsp3) is 0.111. The number of amides is 1. The third kappa shape index (κ3) is 4.06. The van der Waals surface area contributed by atoms with E-state index in [1.54, 1.807) is 43.3 Å². The summed E-state index contributed by atoms with van der Waals surface area (Å²) in [6, 6.07) is 17.7. The lowest BCUT2D eigenvalue weighted by atomic mass is 10.0.